The molecule has 234 valence electrons. The first-order valence-electron chi connectivity index (χ1n) is 14.2. The Morgan fingerprint density at radius 2 is 1.96 bits per heavy atom. The Balaban J connectivity index is 1.61. The Hall–Kier alpha value is -4.47. The number of halogens is 4. The lowest BCUT2D eigenvalue weighted by atomic mass is 10.00. The van der Waals surface area contributed by atoms with Gasteiger partial charge in [-0.1, -0.05) is 42.4 Å². The monoisotopic (exact) mass is 637 g/mol. The second-order valence-corrected chi connectivity index (χ2v) is 11.5. The van der Waals surface area contributed by atoms with E-state index in [0.29, 0.717) is 23.4 Å². The number of nitriles is 1. The summed E-state index contributed by atoms with van der Waals surface area (Å²) in [4.78, 5) is 30.7. The summed E-state index contributed by atoms with van der Waals surface area (Å²) in [6.07, 6.45) is -0.0672. The molecule has 3 heterocycles. The summed E-state index contributed by atoms with van der Waals surface area (Å²) in [5.41, 5.74) is 0.218. The summed E-state index contributed by atoms with van der Waals surface area (Å²) < 4.78 is 50.9. The van der Waals surface area contributed by atoms with E-state index in [4.69, 9.17) is 16.3 Å². The zero-order chi connectivity index (χ0) is 32.4. The fraction of sp³-hybridized carbons (Fsp3) is 0.344. The number of aromatic nitrogens is 2. The van der Waals surface area contributed by atoms with Gasteiger partial charge >= 0.3 is 6.01 Å². The van der Waals surface area contributed by atoms with E-state index in [1.54, 1.807) is 30.0 Å². The van der Waals surface area contributed by atoms with Gasteiger partial charge in [-0.3, -0.25) is 9.79 Å². The molecule has 2 aliphatic heterocycles. The second kappa shape index (κ2) is 13.3. The molecular weight excluding hydrogens is 607 g/mol. The zero-order valence-corrected chi connectivity index (χ0v) is 25.6. The molecule has 2 aliphatic rings. The maximum absolute atomic E-state index is 16.7. The Morgan fingerprint density at radius 3 is 2.62 bits per heavy atom. The van der Waals surface area contributed by atoms with E-state index in [0.717, 1.165) is 13.1 Å². The van der Waals surface area contributed by atoms with Crippen molar-refractivity contribution in [2.24, 2.45) is 10.9 Å². The molecule has 0 bridgehead atoms. The van der Waals surface area contributed by atoms with Crippen molar-refractivity contribution in [3.63, 3.8) is 0 Å². The number of aliphatic imine (C=N–C) groups is 1. The number of benzene rings is 2. The number of piperazine rings is 1. The first-order valence-corrected chi connectivity index (χ1v) is 14.6. The second-order valence-electron chi connectivity index (χ2n) is 11.2. The van der Waals surface area contributed by atoms with Crippen LogP contribution in [0.2, 0.25) is 5.02 Å². The molecule has 1 atom stereocenters. The van der Waals surface area contributed by atoms with E-state index in [1.165, 1.54) is 17.0 Å². The number of likely N-dealkylation sites (tertiary alicyclic amines) is 1. The van der Waals surface area contributed by atoms with Crippen LogP contribution < -0.4 is 9.64 Å². The van der Waals surface area contributed by atoms with Crippen LogP contribution >= 0.6 is 11.6 Å². The number of ether oxygens (including phenoxy) is 1. The molecule has 0 N–H and O–H groups in total. The molecule has 0 radical (unpaired) electrons. The third-order valence-electron chi connectivity index (χ3n) is 8.05. The number of carbonyl (C=O) groups excluding carboxylic acids is 1. The lowest BCUT2D eigenvalue weighted by Crippen LogP contribution is -2.55. The van der Waals surface area contributed by atoms with Gasteiger partial charge in [0.05, 0.1) is 30.2 Å². The van der Waals surface area contributed by atoms with Gasteiger partial charge in [0.15, 0.2) is 11.7 Å². The largest absolute Gasteiger partial charge is 0.463 e. The fourth-order valence-corrected chi connectivity index (χ4v) is 6.11. The standard InChI is InChI=1S/C32H31ClF3N7O2/c1-18-28(27(36)29(38-3)23-7-5-6-21-8-9-24(35)26(33)25(21)23)39-32(45-17-20-14-41(4)15-20)40-30(18)42-12-13-43(31(44)19(2)34)22(16-42)10-11-37/h5-9,20,22H,2-3,10,12-17H2,1,4H3/b29-27+. The minimum atomic E-state index is -1.12. The first-order chi connectivity index (χ1) is 21.5. The van der Waals surface area contributed by atoms with Crippen LogP contribution in [0.5, 0.6) is 6.01 Å². The lowest BCUT2D eigenvalue weighted by molar-refractivity contribution is -0.131. The van der Waals surface area contributed by atoms with Gasteiger partial charge in [-0.05, 0) is 32.1 Å². The van der Waals surface area contributed by atoms with Crippen molar-refractivity contribution >= 4 is 52.3 Å². The molecule has 3 aromatic rings. The number of hydrogen-bond donors (Lipinski definition) is 0. The number of amides is 1. The Morgan fingerprint density at radius 1 is 1.20 bits per heavy atom. The number of nitrogens with zero attached hydrogens (tertiary/aromatic N) is 7. The minimum Gasteiger partial charge on any atom is -0.463 e. The number of carbonyl (C=O) groups is 1. The normalized spacial score (nSPS) is 17.8. The molecular formula is C32H31ClF3N7O2. The van der Waals surface area contributed by atoms with Gasteiger partial charge in [-0.15, -0.1) is 0 Å². The summed E-state index contributed by atoms with van der Waals surface area (Å²) in [5, 5.41) is 10.1. The van der Waals surface area contributed by atoms with Gasteiger partial charge in [0.2, 0.25) is 0 Å². The molecule has 2 aromatic carbocycles. The highest BCUT2D eigenvalue weighted by Crippen LogP contribution is 2.39. The number of hydrogen-bond acceptors (Lipinski definition) is 8. The van der Waals surface area contributed by atoms with Crippen LogP contribution in [-0.4, -0.2) is 84.8 Å². The van der Waals surface area contributed by atoms with Gasteiger partial charge in [0.1, 0.15) is 23.0 Å². The molecule has 1 amide bonds. The van der Waals surface area contributed by atoms with E-state index < -0.39 is 29.4 Å². The van der Waals surface area contributed by atoms with Crippen molar-refractivity contribution in [1.29, 1.82) is 5.26 Å². The van der Waals surface area contributed by atoms with Crippen molar-refractivity contribution < 1.29 is 22.7 Å². The Kier molecular flexibility index (Phi) is 9.41. The number of rotatable bonds is 9. The molecule has 0 saturated carbocycles. The number of anilines is 1. The van der Waals surface area contributed by atoms with Crippen LogP contribution in [0.3, 0.4) is 0 Å². The molecule has 0 aliphatic carbocycles. The summed E-state index contributed by atoms with van der Waals surface area (Å²) >= 11 is 6.34. The lowest BCUT2D eigenvalue weighted by Gasteiger charge is -2.41. The fourth-order valence-electron chi connectivity index (χ4n) is 5.84. The molecule has 9 nitrogen and oxygen atoms in total. The molecule has 13 heteroatoms. The van der Waals surface area contributed by atoms with Crippen molar-refractivity contribution in [2.45, 2.75) is 19.4 Å². The highest BCUT2D eigenvalue weighted by Gasteiger charge is 2.34. The van der Waals surface area contributed by atoms with Crippen molar-refractivity contribution in [3.05, 3.63) is 70.4 Å². The van der Waals surface area contributed by atoms with Crippen molar-refractivity contribution in [3.8, 4) is 12.1 Å². The highest BCUT2D eigenvalue weighted by molar-refractivity contribution is 6.36. The maximum Gasteiger partial charge on any atom is 0.319 e. The van der Waals surface area contributed by atoms with E-state index in [9.17, 15) is 18.8 Å². The van der Waals surface area contributed by atoms with Crippen LogP contribution in [0.1, 0.15) is 23.2 Å². The smallest absolute Gasteiger partial charge is 0.319 e. The van der Waals surface area contributed by atoms with Gasteiger partial charge in [-0.2, -0.15) is 15.2 Å². The topological polar surface area (TPSA) is 98.0 Å². The van der Waals surface area contributed by atoms with Gasteiger partial charge in [-0.25, -0.2) is 13.2 Å². The average Bonchev–Trinajstić information content (AvgIpc) is 3.01. The minimum absolute atomic E-state index is 0.0672. The summed E-state index contributed by atoms with van der Waals surface area (Å²) in [6, 6.07) is 9.04. The third kappa shape index (κ3) is 6.36. The van der Waals surface area contributed by atoms with Crippen LogP contribution in [-0.2, 0) is 4.79 Å². The molecule has 5 rings (SSSR count). The predicted molar refractivity (Wildman–Crippen MR) is 168 cm³/mol. The van der Waals surface area contributed by atoms with Crippen LogP contribution in [0, 0.1) is 30.0 Å². The third-order valence-corrected chi connectivity index (χ3v) is 8.42. The summed E-state index contributed by atoms with van der Waals surface area (Å²) in [7, 11) is 1.99. The average molecular weight is 638 g/mol. The van der Waals surface area contributed by atoms with Crippen molar-refractivity contribution in [1.82, 2.24) is 19.8 Å². The first kappa shape index (κ1) is 31.9. The molecule has 1 aromatic heterocycles. The van der Waals surface area contributed by atoms with E-state index in [1.807, 2.05) is 13.1 Å². The quantitative estimate of drug-likeness (QED) is 0.223. The Bertz CT molecular complexity index is 1750. The van der Waals surface area contributed by atoms with Crippen LogP contribution in [0.15, 0.2) is 47.7 Å². The summed E-state index contributed by atoms with van der Waals surface area (Å²) in [6.45, 7) is 10.7. The number of fused-ring (bicyclic) bond motifs is 1. The van der Waals surface area contributed by atoms with E-state index >= 15 is 4.39 Å². The maximum atomic E-state index is 16.7. The molecule has 2 saturated heterocycles. The van der Waals surface area contributed by atoms with Gasteiger partial charge in [0.25, 0.3) is 5.91 Å². The Labute approximate surface area is 263 Å². The molecule has 0 spiro atoms. The summed E-state index contributed by atoms with van der Waals surface area (Å²) in [5.74, 6) is -2.97. The van der Waals surface area contributed by atoms with Crippen LogP contribution in [0.25, 0.3) is 22.3 Å². The van der Waals surface area contributed by atoms with Crippen LogP contribution in [0.4, 0.5) is 19.0 Å². The van der Waals surface area contributed by atoms with E-state index in [2.05, 4.69) is 33.2 Å². The van der Waals surface area contributed by atoms with Gasteiger partial charge < -0.3 is 19.4 Å². The van der Waals surface area contributed by atoms with E-state index in [-0.39, 0.29) is 65.3 Å². The zero-order valence-electron chi connectivity index (χ0n) is 24.9. The SMILES string of the molecule is C=N/C(=C(/F)c1nc(OCC2CN(C)C2)nc(N2CCN(C(=O)C(=C)F)C(CC#N)C2)c1C)c1cccc2ccc(F)c(Cl)c12. The molecule has 2 fully saturated rings. The van der Waals surface area contributed by atoms with Gasteiger partial charge in [0, 0.05) is 55.2 Å². The molecule has 45 heavy (non-hydrogen) atoms. The molecule has 1 unspecified atom stereocenters. The van der Waals surface area contributed by atoms with Crippen molar-refractivity contribution in [2.75, 3.05) is 51.3 Å². The predicted octanol–water partition coefficient (Wildman–Crippen LogP) is 5.58. The highest BCUT2D eigenvalue weighted by atomic mass is 35.5.